The van der Waals surface area contributed by atoms with E-state index in [1.807, 2.05) is 0 Å². The Hall–Kier alpha value is -2.50. The summed E-state index contributed by atoms with van der Waals surface area (Å²) in [6.45, 7) is 1.59. The lowest BCUT2D eigenvalue weighted by atomic mass is 10.2. The minimum atomic E-state index is -0.819. The van der Waals surface area contributed by atoms with E-state index in [0.717, 1.165) is 25.7 Å². The smallest absolute Gasteiger partial charge is 0.338 e. The molecule has 1 aromatic carbocycles. The van der Waals surface area contributed by atoms with Crippen molar-refractivity contribution in [3.8, 4) is 0 Å². The zero-order valence-corrected chi connectivity index (χ0v) is 13.0. The van der Waals surface area contributed by atoms with Crippen LogP contribution in [0.3, 0.4) is 0 Å². The number of amides is 1. The first kappa shape index (κ1) is 15.4. The van der Waals surface area contributed by atoms with Crippen molar-refractivity contribution in [2.75, 3.05) is 0 Å². The lowest BCUT2D eigenvalue weighted by molar-refractivity contribution is -0.129. The number of carbonyl (C=O) groups excluding carboxylic acids is 2. The van der Waals surface area contributed by atoms with Gasteiger partial charge in [-0.2, -0.15) is 0 Å². The molecule has 0 saturated heterocycles. The molecule has 1 atom stereocenters. The van der Waals surface area contributed by atoms with E-state index >= 15 is 0 Å². The molecule has 0 radical (unpaired) electrons. The van der Waals surface area contributed by atoms with E-state index in [-0.39, 0.29) is 11.9 Å². The molecule has 1 aliphatic carbocycles. The third kappa shape index (κ3) is 3.64. The van der Waals surface area contributed by atoms with E-state index in [1.54, 1.807) is 37.5 Å². The number of aromatic nitrogens is 2. The molecular formula is C17H19N3O3. The highest BCUT2D eigenvalue weighted by molar-refractivity contribution is 5.95. The van der Waals surface area contributed by atoms with E-state index in [2.05, 4.69) is 15.3 Å². The summed E-state index contributed by atoms with van der Waals surface area (Å²) in [5.74, 6) is -0.780. The lowest BCUT2D eigenvalue weighted by Crippen LogP contribution is -2.40. The normalized spacial score (nSPS) is 16.2. The van der Waals surface area contributed by atoms with Gasteiger partial charge in [0, 0.05) is 18.4 Å². The summed E-state index contributed by atoms with van der Waals surface area (Å²) in [6.07, 6.45) is 6.60. The van der Waals surface area contributed by atoms with Crippen molar-refractivity contribution >= 4 is 22.9 Å². The molecule has 120 valence electrons. The number of esters is 1. The summed E-state index contributed by atoms with van der Waals surface area (Å²) in [6, 6.07) is 5.16. The predicted octanol–water partition coefficient (Wildman–Crippen LogP) is 2.23. The number of nitrogens with zero attached hydrogens (tertiary/aromatic N) is 2. The van der Waals surface area contributed by atoms with E-state index in [4.69, 9.17) is 4.74 Å². The number of nitrogens with one attached hydrogen (secondary N) is 1. The van der Waals surface area contributed by atoms with Crippen LogP contribution in [0.5, 0.6) is 0 Å². The first-order valence-electron chi connectivity index (χ1n) is 7.85. The van der Waals surface area contributed by atoms with Gasteiger partial charge in [0.25, 0.3) is 5.91 Å². The fourth-order valence-electron chi connectivity index (χ4n) is 2.76. The van der Waals surface area contributed by atoms with Crippen LogP contribution in [0.1, 0.15) is 43.0 Å². The number of hydrogen-bond acceptors (Lipinski definition) is 5. The van der Waals surface area contributed by atoms with Gasteiger partial charge in [0.2, 0.25) is 0 Å². The van der Waals surface area contributed by atoms with Crippen molar-refractivity contribution < 1.29 is 14.3 Å². The molecule has 1 saturated carbocycles. The zero-order chi connectivity index (χ0) is 16.2. The Balaban J connectivity index is 1.63. The molecule has 1 amide bonds. The van der Waals surface area contributed by atoms with Crippen LogP contribution in [0, 0.1) is 0 Å². The van der Waals surface area contributed by atoms with Crippen LogP contribution in [0.15, 0.2) is 30.6 Å². The van der Waals surface area contributed by atoms with Gasteiger partial charge in [-0.25, -0.2) is 4.79 Å². The molecular weight excluding hydrogens is 294 g/mol. The topological polar surface area (TPSA) is 81.2 Å². The largest absolute Gasteiger partial charge is 0.449 e. The summed E-state index contributed by atoms with van der Waals surface area (Å²) >= 11 is 0. The predicted molar refractivity (Wildman–Crippen MR) is 84.8 cm³/mol. The molecule has 1 N–H and O–H groups in total. The molecule has 6 heteroatoms. The maximum absolute atomic E-state index is 12.2. The number of ether oxygens (including phenoxy) is 1. The van der Waals surface area contributed by atoms with Crippen molar-refractivity contribution in [1.29, 1.82) is 0 Å². The number of carbonyl (C=O) groups is 2. The van der Waals surface area contributed by atoms with Gasteiger partial charge in [0.05, 0.1) is 16.6 Å². The minimum absolute atomic E-state index is 0.208. The Bertz CT molecular complexity index is 726. The van der Waals surface area contributed by atoms with Gasteiger partial charge in [-0.3, -0.25) is 14.8 Å². The molecule has 3 rings (SSSR count). The van der Waals surface area contributed by atoms with E-state index in [0.29, 0.717) is 16.6 Å². The monoisotopic (exact) mass is 313 g/mol. The van der Waals surface area contributed by atoms with Gasteiger partial charge < -0.3 is 10.1 Å². The van der Waals surface area contributed by atoms with Crippen LogP contribution in [-0.2, 0) is 9.53 Å². The number of benzene rings is 1. The number of fused-ring (bicyclic) bond motifs is 1. The Morgan fingerprint density at radius 2 is 1.87 bits per heavy atom. The van der Waals surface area contributed by atoms with Gasteiger partial charge in [-0.05, 0) is 38.0 Å². The van der Waals surface area contributed by atoms with Gasteiger partial charge in [0.15, 0.2) is 6.10 Å². The number of hydrogen-bond donors (Lipinski definition) is 1. The quantitative estimate of drug-likeness (QED) is 0.875. The van der Waals surface area contributed by atoms with Crippen LogP contribution in [0.2, 0.25) is 0 Å². The Kier molecular flexibility index (Phi) is 4.50. The molecule has 23 heavy (non-hydrogen) atoms. The molecule has 0 bridgehead atoms. The van der Waals surface area contributed by atoms with Gasteiger partial charge in [-0.1, -0.05) is 12.8 Å². The zero-order valence-electron chi connectivity index (χ0n) is 13.0. The van der Waals surface area contributed by atoms with Crippen molar-refractivity contribution in [3.63, 3.8) is 0 Å². The summed E-state index contributed by atoms with van der Waals surface area (Å²) in [5, 5.41) is 2.93. The van der Waals surface area contributed by atoms with E-state index in [9.17, 15) is 9.59 Å². The average molecular weight is 313 g/mol. The Morgan fingerprint density at radius 1 is 1.17 bits per heavy atom. The molecule has 1 aromatic heterocycles. The molecule has 0 unspecified atom stereocenters. The van der Waals surface area contributed by atoms with Crippen LogP contribution in [-0.4, -0.2) is 34.0 Å². The Morgan fingerprint density at radius 3 is 2.61 bits per heavy atom. The maximum atomic E-state index is 12.2. The molecule has 0 spiro atoms. The molecule has 6 nitrogen and oxygen atoms in total. The first-order chi connectivity index (χ1) is 11.1. The van der Waals surface area contributed by atoms with Gasteiger partial charge >= 0.3 is 5.97 Å². The summed E-state index contributed by atoms with van der Waals surface area (Å²) in [5.41, 5.74) is 1.68. The molecule has 1 aliphatic rings. The van der Waals surface area contributed by atoms with Crippen molar-refractivity contribution in [2.24, 2.45) is 0 Å². The van der Waals surface area contributed by atoms with Gasteiger partial charge in [0.1, 0.15) is 0 Å². The second kappa shape index (κ2) is 6.73. The van der Waals surface area contributed by atoms with Crippen molar-refractivity contribution in [1.82, 2.24) is 15.3 Å². The molecule has 0 aliphatic heterocycles. The highest BCUT2D eigenvalue weighted by atomic mass is 16.5. The van der Waals surface area contributed by atoms with Crippen molar-refractivity contribution in [2.45, 2.75) is 44.8 Å². The van der Waals surface area contributed by atoms with E-state index < -0.39 is 12.1 Å². The SMILES string of the molecule is C[C@H](OC(=O)c1ccc2nccnc2c1)C(=O)NC1CCCC1. The lowest BCUT2D eigenvalue weighted by Gasteiger charge is -2.17. The summed E-state index contributed by atoms with van der Waals surface area (Å²) in [4.78, 5) is 32.6. The van der Waals surface area contributed by atoms with Crippen LogP contribution >= 0.6 is 0 Å². The van der Waals surface area contributed by atoms with Crippen LogP contribution in [0.25, 0.3) is 11.0 Å². The van der Waals surface area contributed by atoms with E-state index in [1.165, 1.54) is 0 Å². The second-order valence-corrected chi connectivity index (χ2v) is 5.80. The molecule has 1 fully saturated rings. The third-order valence-corrected chi connectivity index (χ3v) is 4.06. The highest BCUT2D eigenvalue weighted by Gasteiger charge is 2.23. The fourth-order valence-corrected chi connectivity index (χ4v) is 2.76. The molecule has 2 aromatic rings. The standard InChI is InChI=1S/C17H19N3O3/c1-11(16(21)20-13-4-2-3-5-13)23-17(22)12-6-7-14-15(10-12)19-9-8-18-14/h6-11,13H,2-5H2,1H3,(H,20,21)/t11-/m0/s1. The average Bonchev–Trinajstić information content (AvgIpc) is 3.07. The summed E-state index contributed by atoms with van der Waals surface area (Å²) in [7, 11) is 0. The first-order valence-corrected chi connectivity index (χ1v) is 7.85. The van der Waals surface area contributed by atoms with Crippen molar-refractivity contribution in [3.05, 3.63) is 36.2 Å². The number of rotatable bonds is 4. The summed E-state index contributed by atoms with van der Waals surface area (Å²) < 4.78 is 5.26. The fraction of sp³-hybridized carbons (Fsp3) is 0.412. The van der Waals surface area contributed by atoms with Crippen LogP contribution < -0.4 is 5.32 Å². The highest BCUT2D eigenvalue weighted by Crippen LogP contribution is 2.18. The maximum Gasteiger partial charge on any atom is 0.338 e. The molecule has 1 heterocycles. The minimum Gasteiger partial charge on any atom is -0.449 e. The Labute approximate surface area is 134 Å². The second-order valence-electron chi connectivity index (χ2n) is 5.80. The third-order valence-electron chi connectivity index (χ3n) is 4.06. The van der Waals surface area contributed by atoms with Gasteiger partial charge in [-0.15, -0.1) is 0 Å². The van der Waals surface area contributed by atoms with Crippen LogP contribution in [0.4, 0.5) is 0 Å².